The third-order valence-electron chi connectivity index (χ3n) is 3.75. The molecule has 9 heteroatoms. The third-order valence-corrected chi connectivity index (χ3v) is 5.25. The minimum absolute atomic E-state index is 0.137. The first kappa shape index (κ1) is 17.6. The molecule has 7 nitrogen and oxygen atoms in total. The lowest BCUT2D eigenvalue weighted by molar-refractivity contribution is -0.135. The minimum atomic E-state index is -1.20. The van der Waals surface area contributed by atoms with Crippen molar-refractivity contribution in [2.24, 2.45) is 0 Å². The molecule has 3 rings (SSSR count). The summed E-state index contributed by atoms with van der Waals surface area (Å²) in [6.45, 7) is -0.588. The summed E-state index contributed by atoms with van der Waals surface area (Å²) in [5, 5.41) is 19.1. The van der Waals surface area contributed by atoms with Gasteiger partial charge >= 0.3 is 12.0 Å². The van der Waals surface area contributed by atoms with Crippen molar-refractivity contribution in [3.05, 3.63) is 56.4 Å². The number of aromatic nitrogens is 1. The largest absolute Gasteiger partial charge is 0.507 e. The quantitative estimate of drug-likeness (QED) is 0.785. The maximum Gasteiger partial charge on any atom is 0.336 e. The number of carbonyl (C=O) groups is 2. The molecule has 0 saturated heterocycles. The van der Waals surface area contributed by atoms with Crippen molar-refractivity contribution < 1.29 is 19.8 Å². The predicted octanol–water partition coefficient (Wildman–Crippen LogP) is 2.62. The number of anilines is 1. The van der Waals surface area contributed by atoms with Crippen molar-refractivity contribution in [1.29, 1.82) is 0 Å². The Morgan fingerprint density at radius 1 is 1.24 bits per heavy atom. The number of carbonyl (C=O) groups excluding carboxylic acids is 1. The molecule has 0 unspecified atom stereocenters. The Balaban J connectivity index is 2.10. The number of benzene rings is 1. The highest BCUT2D eigenvalue weighted by molar-refractivity contribution is 9.10. The molecule has 1 aromatic carbocycles. The molecule has 0 radical (unpaired) electrons. The normalized spacial score (nSPS) is 12.7. The summed E-state index contributed by atoms with van der Waals surface area (Å²) in [6, 6.07) is 6.77. The predicted molar refractivity (Wildman–Crippen MR) is 97.3 cm³/mol. The van der Waals surface area contributed by atoms with Gasteiger partial charge in [-0.05, 0) is 24.3 Å². The number of hydrogen-bond donors (Lipinski definition) is 2. The molecule has 0 fully saturated rings. The summed E-state index contributed by atoms with van der Waals surface area (Å²) < 4.78 is 1.72. The highest BCUT2D eigenvalue weighted by atomic mass is 79.9. The van der Waals surface area contributed by atoms with Gasteiger partial charge in [0.1, 0.15) is 12.3 Å². The SMILES string of the molecule is O=C(O)CN(C(=O)n1c2c(c(O)cc1=O)CSC2)c1ccc(Br)cc1. The average molecular weight is 425 g/mol. The Bertz CT molecular complexity index is 910. The number of halogens is 1. The number of hydrogen-bond acceptors (Lipinski definition) is 5. The van der Waals surface area contributed by atoms with Gasteiger partial charge in [-0.2, -0.15) is 11.8 Å². The smallest absolute Gasteiger partial charge is 0.336 e. The fourth-order valence-electron chi connectivity index (χ4n) is 2.60. The lowest BCUT2D eigenvalue weighted by Gasteiger charge is -2.23. The number of amides is 1. The molecular weight excluding hydrogens is 412 g/mol. The Morgan fingerprint density at radius 2 is 1.92 bits per heavy atom. The number of fused-ring (bicyclic) bond motifs is 1. The van der Waals surface area contributed by atoms with Gasteiger partial charge in [-0.1, -0.05) is 15.9 Å². The molecule has 0 atom stereocenters. The van der Waals surface area contributed by atoms with E-state index in [-0.39, 0.29) is 5.75 Å². The van der Waals surface area contributed by atoms with Crippen LogP contribution in [0.15, 0.2) is 39.6 Å². The molecule has 1 aliphatic heterocycles. The van der Waals surface area contributed by atoms with Gasteiger partial charge < -0.3 is 10.2 Å². The maximum absolute atomic E-state index is 13.0. The molecule has 2 aromatic rings. The Kier molecular flexibility index (Phi) is 4.87. The van der Waals surface area contributed by atoms with Crippen molar-refractivity contribution in [1.82, 2.24) is 4.57 Å². The van der Waals surface area contributed by atoms with Crippen LogP contribution < -0.4 is 10.5 Å². The van der Waals surface area contributed by atoms with Crippen LogP contribution in [0.2, 0.25) is 0 Å². The van der Waals surface area contributed by atoms with Crippen molar-refractivity contribution in [3.8, 4) is 5.75 Å². The van der Waals surface area contributed by atoms with E-state index in [9.17, 15) is 19.5 Å². The molecule has 1 amide bonds. The lowest BCUT2D eigenvalue weighted by atomic mass is 10.2. The molecule has 2 N–H and O–H groups in total. The van der Waals surface area contributed by atoms with Gasteiger partial charge in [0.05, 0.1) is 0 Å². The number of pyridine rings is 1. The molecule has 0 spiro atoms. The summed E-state index contributed by atoms with van der Waals surface area (Å²) in [5.41, 5.74) is 0.614. The van der Waals surface area contributed by atoms with Crippen LogP contribution in [0.4, 0.5) is 10.5 Å². The average Bonchev–Trinajstić information content (AvgIpc) is 3.03. The zero-order valence-electron chi connectivity index (χ0n) is 12.8. The molecule has 1 aromatic heterocycles. The van der Waals surface area contributed by atoms with E-state index in [1.807, 2.05) is 0 Å². The number of nitrogens with zero attached hydrogens (tertiary/aromatic N) is 2. The number of aliphatic carboxylic acids is 1. The second-order valence-electron chi connectivity index (χ2n) is 5.36. The van der Waals surface area contributed by atoms with Crippen LogP contribution >= 0.6 is 27.7 Å². The third kappa shape index (κ3) is 3.42. The molecule has 1 aliphatic rings. The monoisotopic (exact) mass is 424 g/mol. The van der Waals surface area contributed by atoms with E-state index in [0.29, 0.717) is 28.5 Å². The molecule has 0 saturated carbocycles. The first-order valence-electron chi connectivity index (χ1n) is 7.22. The summed E-state index contributed by atoms with van der Waals surface area (Å²) in [5.74, 6) is -0.450. The van der Waals surface area contributed by atoms with Gasteiger partial charge in [0, 0.05) is 39.0 Å². The van der Waals surface area contributed by atoms with Crippen LogP contribution in [-0.4, -0.2) is 33.3 Å². The minimum Gasteiger partial charge on any atom is -0.507 e. The highest BCUT2D eigenvalue weighted by Gasteiger charge is 2.28. The number of carboxylic acid groups (broad SMARTS) is 1. The molecular formula is C16H13BrN2O5S. The van der Waals surface area contributed by atoms with Gasteiger partial charge in [-0.25, -0.2) is 9.36 Å². The number of thioether (sulfide) groups is 1. The number of carboxylic acids is 1. The summed E-state index contributed by atoms with van der Waals surface area (Å²) >= 11 is 4.75. The van der Waals surface area contributed by atoms with Gasteiger partial charge in [0.2, 0.25) is 0 Å². The van der Waals surface area contributed by atoms with Gasteiger partial charge in [0.15, 0.2) is 0 Å². The van der Waals surface area contributed by atoms with Crippen molar-refractivity contribution in [2.45, 2.75) is 11.5 Å². The first-order chi connectivity index (χ1) is 11.9. The summed E-state index contributed by atoms with van der Waals surface area (Å²) in [4.78, 5) is 37.5. The van der Waals surface area contributed by atoms with Gasteiger partial charge in [-0.3, -0.25) is 14.5 Å². The fourth-order valence-corrected chi connectivity index (χ4v) is 3.98. The Labute approximate surface area is 155 Å². The van der Waals surface area contributed by atoms with E-state index in [1.54, 1.807) is 24.3 Å². The van der Waals surface area contributed by atoms with Crippen molar-refractivity contribution >= 4 is 45.4 Å². The number of rotatable bonds is 3. The van der Waals surface area contributed by atoms with E-state index >= 15 is 0 Å². The van der Waals surface area contributed by atoms with Crippen LogP contribution in [0.25, 0.3) is 0 Å². The lowest BCUT2D eigenvalue weighted by Crippen LogP contribution is -2.43. The van der Waals surface area contributed by atoms with E-state index < -0.39 is 24.1 Å². The second-order valence-corrected chi connectivity index (χ2v) is 7.26. The highest BCUT2D eigenvalue weighted by Crippen LogP contribution is 2.34. The number of aromatic hydroxyl groups is 1. The summed E-state index contributed by atoms with van der Waals surface area (Å²) in [6.07, 6.45) is 0. The molecule has 0 aliphatic carbocycles. The van der Waals surface area contributed by atoms with Crippen LogP contribution in [0, 0.1) is 0 Å². The van der Waals surface area contributed by atoms with E-state index in [2.05, 4.69) is 15.9 Å². The fraction of sp³-hybridized carbons (Fsp3) is 0.188. The summed E-state index contributed by atoms with van der Waals surface area (Å²) in [7, 11) is 0. The van der Waals surface area contributed by atoms with Crippen molar-refractivity contribution in [3.63, 3.8) is 0 Å². The van der Waals surface area contributed by atoms with Gasteiger partial charge in [0.25, 0.3) is 5.56 Å². The zero-order chi connectivity index (χ0) is 18.1. The van der Waals surface area contributed by atoms with Crippen molar-refractivity contribution in [2.75, 3.05) is 11.4 Å². The van der Waals surface area contributed by atoms with Crippen LogP contribution in [0.3, 0.4) is 0 Å². The topological polar surface area (TPSA) is 99.8 Å². The molecule has 0 bridgehead atoms. The van der Waals surface area contributed by atoms with Crippen LogP contribution in [0.5, 0.6) is 5.75 Å². The molecule has 2 heterocycles. The maximum atomic E-state index is 13.0. The molecule has 130 valence electrons. The van der Waals surface area contributed by atoms with Crippen LogP contribution in [-0.2, 0) is 16.3 Å². The Morgan fingerprint density at radius 3 is 2.56 bits per heavy atom. The zero-order valence-corrected chi connectivity index (χ0v) is 15.2. The van der Waals surface area contributed by atoms with Crippen LogP contribution in [0.1, 0.15) is 11.3 Å². The van der Waals surface area contributed by atoms with Gasteiger partial charge in [-0.15, -0.1) is 0 Å². The standard InChI is InChI=1S/C16H13BrN2O5S/c17-9-1-3-10(4-2-9)18(6-15(22)23)16(24)19-12-8-25-7-11(12)13(20)5-14(19)21/h1-5,20H,6-8H2,(H,22,23). The molecule has 25 heavy (non-hydrogen) atoms. The van der Waals surface area contributed by atoms with E-state index in [4.69, 9.17) is 5.11 Å². The Hall–Kier alpha value is -2.26. The van der Waals surface area contributed by atoms with E-state index in [0.717, 1.165) is 20.0 Å². The second kappa shape index (κ2) is 6.93. The first-order valence-corrected chi connectivity index (χ1v) is 9.17. The van der Waals surface area contributed by atoms with E-state index in [1.165, 1.54) is 11.8 Å².